The maximum atomic E-state index is 10.9. The van der Waals surface area contributed by atoms with Gasteiger partial charge in [0.15, 0.2) is 0 Å². The number of anilines is 2. The molecule has 0 aliphatic heterocycles. The average molecular weight is 326 g/mol. The quantitative estimate of drug-likeness (QED) is 0.389. The first-order chi connectivity index (χ1) is 9.95. The Labute approximate surface area is 153 Å². The number of carbonyl (C=O) groups is 1. The minimum absolute atomic E-state index is 0. The molecule has 0 saturated heterocycles. The summed E-state index contributed by atoms with van der Waals surface area (Å²) in [6, 6.07) is 11.9. The minimum atomic E-state index is -0.508. The molecule has 8 heteroatoms. The Kier molecular flexibility index (Phi) is 6.89. The molecule has 2 rings (SSSR count). The number of rotatable bonds is 4. The van der Waals surface area contributed by atoms with E-state index in [-0.39, 0.29) is 46.8 Å². The van der Waals surface area contributed by atoms with E-state index in [0.29, 0.717) is 0 Å². The van der Waals surface area contributed by atoms with Gasteiger partial charge in [0.25, 0.3) is 5.69 Å². The van der Waals surface area contributed by atoms with Crippen molar-refractivity contribution < 1.29 is 9.72 Å². The zero-order chi connectivity index (χ0) is 15.4. The van der Waals surface area contributed by atoms with Crippen LogP contribution in [0.4, 0.5) is 17.1 Å². The summed E-state index contributed by atoms with van der Waals surface area (Å²) >= 11 is 1.43. The first-order valence-electron chi connectivity index (χ1n) is 6.05. The summed E-state index contributed by atoms with van der Waals surface area (Å²) in [7, 11) is 0. The maximum Gasteiger partial charge on any atom is 0.292 e. The van der Waals surface area contributed by atoms with Gasteiger partial charge in [-0.15, -0.1) is 0 Å². The number of nitro benzene ring substituents is 1. The Morgan fingerprint density at radius 1 is 1.18 bits per heavy atom. The zero-order valence-corrected chi connectivity index (χ0v) is 15.0. The number of nitrogen functional groups attached to an aromatic ring is 1. The first kappa shape index (κ1) is 18.5. The van der Waals surface area contributed by atoms with Gasteiger partial charge < -0.3 is 11.1 Å². The molecule has 0 atom stereocenters. The van der Waals surface area contributed by atoms with Gasteiger partial charge in [0.2, 0.25) is 5.91 Å². The van der Waals surface area contributed by atoms with E-state index in [2.05, 4.69) is 5.32 Å². The summed E-state index contributed by atoms with van der Waals surface area (Å²) in [6.45, 7) is 1.45. The molecule has 0 heterocycles. The van der Waals surface area contributed by atoms with Crippen molar-refractivity contribution in [3.05, 3.63) is 52.6 Å². The number of benzene rings is 2. The molecule has 1 radical (unpaired) electrons. The third-order valence-electron chi connectivity index (χ3n) is 2.61. The number of nitrogens with zero attached hydrogens (tertiary/aromatic N) is 1. The molecule has 0 bridgehead atoms. The van der Waals surface area contributed by atoms with Gasteiger partial charge >= 0.3 is 0 Å². The van der Waals surface area contributed by atoms with Gasteiger partial charge in [0.1, 0.15) is 5.69 Å². The van der Waals surface area contributed by atoms with Crippen molar-refractivity contribution in [1.82, 2.24) is 0 Å². The molecule has 0 aromatic heterocycles. The Hall–Kier alpha value is -1.54. The number of nitro groups is 1. The van der Waals surface area contributed by atoms with Crippen LogP contribution in [0.15, 0.2) is 52.3 Å². The molecule has 1 amide bonds. The van der Waals surface area contributed by atoms with Crippen molar-refractivity contribution in [3.63, 3.8) is 0 Å². The third-order valence-corrected chi connectivity index (χ3v) is 3.60. The van der Waals surface area contributed by atoms with Crippen molar-refractivity contribution in [2.75, 3.05) is 11.1 Å². The van der Waals surface area contributed by atoms with Crippen LogP contribution in [-0.4, -0.2) is 40.4 Å². The predicted molar refractivity (Wildman–Crippen MR) is 88.1 cm³/mol. The van der Waals surface area contributed by atoms with Gasteiger partial charge in [-0.3, -0.25) is 14.9 Å². The van der Waals surface area contributed by atoms with E-state index in [4.69, 9.17) is 5.73 Å². The smallest absolute Gasteiger partial charge is 0.292 e. The minimum Gasteiger partial charge on any atom is -0.393 e. The van der Waals surface area contributed by atoms with Gasteiger partial charge in [-0.05, 0) is 36.4 Å². The van der Waals surface area contributed by atoms with E-state index in [1.54, 1.807) is 24.3 Å². The molecule has 0 saturated carbocycles. The monoisotopic (exact) mass is 326 g/mol. The van der Waals surface area contributed by atoms with Crippen LogP contribution in [0.1, 0.15) is 6.92 Å². The van der Waals surface area contributed by atoms with Crippen molar-refractivity contribution in [2.24, 2.45) is 0 Å². The Morgan fingerprint density at radius 3 is 2.27 bits per heavy atom. The second-order valence-electron chi connectivity index (χ2n) is 4.29. The van der Waals surface area contributed by atoms with Gasteiger partial charge in [-0.2, -0.15) is 0 Å². The molecule has 0 aliphatic carbocycles. The molecular formula is C14H13N3NaO3S. The number of nitrogens with two attached hydrogens (primary N) is 1. The van der Waals surface area contributed by atoms with E-state index in [1.165, 1.54) is 24.8 Å². The molecule has 2 aromatic carbocycles. The predicted octanol–water partition coefficient (Wildman–Crippen LogP) is 2.91. The van der Waals surface area contributed by atoms with Crippen molar-refractivity contribution in [3.8, 4) is 0 Å². The normalized spacial score (nSPS) is 9.68. The molecule has 0 unspecified atom stereocenters. The third kappa shape index (κ3) is 5.03. The van der Waals surface area contributed by atoms with E-state index >= 15 is 0 Å². The van der Waals surface area contributed by atoms with Crippen LogP contribution in [0.2, 0.25) is 0 Å². The molecule has 6 nitrogen and oxygen atoms in total. The average Bonchev–Trinajstić information content (AvgIpc) is 2.40. The molecule has 0 spiro atoms. The van der Waals surface area contributed by atoms with Crippen LogP contribution in [0, 0.1) is 10.1 Å². The Balaban J connectivity index is 0.00000242. The molecule has 109 valence electrons. The fraction of sp³-hybridized carbons (Fsp3) is 0.0714. The van der Waals surface area contributed by atoms with Crippen LogP contribution in [0.3, 0.4) is 0 Å². The fourth-order valence-corrected chi connectivity index (χ4v) is 2.57. The van der Waals surface area contributed by atoms with Gasteiger partial charge in [-0.1, -0.05) is 11.8 Å². The number of amides is 1. The molecule has 2 aromatic rings. The summed E-state index contributed by atoms with van der Waals surface area (Å²) in [5.41, 5.74) is 6.41. The summed E-state index contributed by atoms with van der Waals surface area (Å²) in [5, 5.41) is 13.4. The van der Waals surface area contributed by atoms with Crippen LogP contribution in [0.5, 0.6) is 0 Å². The zero-order valence-electron chi connectivity index (χ0n) is 12.2. The number of hydrogen-bond donors (Lipinski definition) is 2. The number of carbonyl (C=O) groups excluding carboxylic acids is 1. The second-order valence-corrected chi connectivity index (χ2v) is 5.43. The van der Waals surface area contributed by atoms with E-state index in [9.17, 15) is 14.9 Å². The van der Waals surface area contributed by atoms with Gasteiger partial charge in [0.05, 0.1) is 4.92 Å². The van der Waals surface area contributed by atoms with Crippen LogP contribution >= 0.6 is 11.8 Å². The number of hydrogen-bond acceptors (Lipinski definition) is 5. The second kappa shape index (κ2) is 8.19. The number of nitrogens with one attached hydrogen (secondary N) is 1. The van der Waals surface area contributed by atoms with Gasteiger partial charge in [-0.25, -0.2) is 0 Å². The van der Waals surface area contributed by atoms with Crippen molar-refractivity contribution in [2.45, 2.75) is 16.7 Å². The van der Waals surface area contributed by atoms with Crippen molar-refractivity contribution in [1.29, 1.82) is 0 Å². The topological polar surface area (TPSA) is 98.3 Å². The SMILES string of the molecule is CC(=O)Nc1ccc(Sc2ccc([N+](=O)[O-])c(N)c2)cc1.[Na]. The van der Waals surface area contributed by atoms with Crippen molar-refractivity contribution >= 4 is 64.3 Å². The van der Waals surface area contributed by atoms with E-state index < -0.39 is 4.92 Å². The van der Waals surface area contributed by atoms with E-state index in [0.717, 1.165) is 15.5 Å². The fourth-order valence-electron chi connectivity index (χ4n) is 1.71. The largest absolute Gasteiger partial charge is 0.393 e. The molecule has 0 fully saturated rings. The molecular weight excluding hydrogens is 313 g/mol. The molecule has 0 aliphatic rings. The molecule has 3 N–H and O–H groups in total. The maximum absolute atomic E-state index is 10.9. The summed E-state index contributed by atoms with van der Waals surface area (Å²) in [5.74, 6) is -0.126. The summed E-state index contributed by atoms with van der Waals surface area (Å²) < 4.78 is 0. The van der Waals surface area contributed by atoms with Crippen LogP contribution in [0.25, 0.3) is 0 Å². The van der Waals surface area contributed by atoms with Crippen LogP contribution in [-0.2, 0) is 4.79 Å². The molecule has 22 heavy (non-hydrogen) atoms. The van der Waals surface area contributed by atoms with Gasteiger partial charge in [0, 0.05) is 58.0 Å². The first-order valence-corrected chi connectivity index (χ1v) is 6.87. The Bertz CT molecular complexity index is 692. The summed E-state index contributed by atoms with van der Waals surface area (Å²) in [6.07, 6.45) is 0. The van der Waals surface area contributed by atoms with E-state index in [1.807, 2.05) is 12.1 Å². The Morgan fingerprint density at radius 2 is 1.77 bits per heavy atom. The van der Waals surface area contributed by atoms with Crippen LogP contribution < -0.4 is 11.1 Å². The standard InChI is InChI=1S/C14H13N3O3S.Na/c1-9(18)16-10-2-4-11(5-3-10)21-12-6-7-14(17(19)20)13(15)8-12;/h2-8H,15H2,1H3,(H,16,18);. The summed E-state index contributed by atoms with van der Waals surface area (Å²) in [4.78, 5) is 22.9.